The Morgan fingerprint density at radius 2 is 2.15 bits per heavy atom. The van der Waals surface area contributed by atoms with Crippen LogP contribution in [-0.4, -0.2) is 37.4 Å². The van der Waals surface area contributed by atoms with E-state index in [9.17, 15) is 9.59 Å². The molecule has 110 valence electrons. The molecule has 1 unspecified atom stereocenters. The van der Waals surface area contributed by atoms with E-state index >= 15 is 0 Å². The standard InChI is InChI=1S/C13H17ClN2O4/c1-8(7-20-2)6-15-13(19)16-11-5-9(12(17)18)3-4-10(11)14/h3-5,8H,6-7H2,1-2H3,(H,17,18)(H2,15,16,19). The molecule has 0 aliphatic heterocycles. The van der Waals surface area contributed by atoms with E-state index in [4.69, 9.17) is 21.4 Å². The zero-order valence-corrected chi connectivity index (χ0v) is 12.0. The Labute approximate surface area is 122 Å². The normalized spacial score (nSPS) is 11.8. The third-order valence-electron chi connectivity index (χ3n) is 2.52. The number of amides is 2. The van der Waals surface area contributed by atoms with E-state index in [0.717, 1.165) is 0 Å². The molecule has 1 rings (SSSR count). The lowest BCUT2D eigenvalue weighted by molar-refractivity contribution is 0.0697. The number of halogens is 1. The van der Waals surface area contributed by atoms with Gasteiger partial charge >= 0.3 is 12.0 Å². The van der Waals surface area contributed by atoms with E-state index in [0.29, 0.717) is 13.2 Å². The van der Waals surface area contributed by atoms with Crippen molar-refractivity contribution < 1.29 is 19.4 Å². The largest absolute Gasteiger partial charge is 0.478 e. The van der Waals surface area contributed by atoms with Crippen LogP contribution >= 0.6 is 11.6 Å². The molecule has 0 radical (unpaired) electrons. The molecule has 0 aliphatic carbocycles. The number of aromatic carboxylic acids is 1. The van der Waals surface area contributed by atoms with Crippen molar-refractivity contribution in [1.29, 1.82) is 0 Å². The molecule has 1 aromatic rings. The van der Waals surface area contributed by atoms with Gasteiger partial charge in [0.1, 0.15) is 0 Å². The van der Waals surface area contributed by atoms with Gasteiger partial charge in [0.05, 0.1) is 22.9 Å². The number of urea groups is 1. The number of rotatable bonds is 6. The van der Waals surface area contributed by atoms with Crippen molar-refractivity contribution in [2.24, 2.45) is 5.92 Å². The van der Waals surface area contributed by atoms with Crippen molar-refractivity contribution in [3.63, 3.8) is 0 Å². The molecule has 0 saturated heterocycles. The number of hydrogen-bond acceptors (Lipinski definition) is 3. The highest BCUT2D eigenvalue weighted by Crippen LogP contribution is 2.22. The zero-order valence-electron chi connectivity index (χ0n) is 11.3. The van der Waals surface area contributed by atoms with Gasteiger partial charge in [-0.2, -0.15) is 0 Å². The number of carbonyl (C=O) groups excluding carboxylic acids is 1. The summed E-state index contributed by atoms with van der Waals surface area (Å²) >= 11 is 5.90. The number of benzene rings is 1. The molecule has 0 spiro atoms. The molecule has 20 heavy (non-hydrogen) atoms. The van der Waals surface area contributed by atoms with Gasteiger partial charge in [-0.15, -0.1) is 0 Å². The van der Waals surface area contributed by atoms with Crippen LogP contribution in [0.5, 0.6) is 0 Å². The fraction of sp³-hybridized carbons (Fsp3) is 0.385. The number of carboxylic acid groups (broad SMARTS) is 1. The quantitative estimate of drug-likeness (QED) is 0.753. The van der Waals surface area contributed by atoms with E-state index in [1.54, 1.807) is 7.11 Å². The molecular weight excluding hydrogens is 284 g/mol. The Morgan fingerprint density at radius 1 is 1.45 bits per heavy atom. The number of anilines is 1. The van der Waals surface area contributed by atoms with Gasteiger partial charge in [0.25, 0.3) is 0 Å². The summed E-state index contributed by atoms with van der Waals surface area (Å²) in [6, 6.07) is 3.66. The van der Waals surface area contributed by atoms with E-state index in [2.05, 4.69) is 10.6 Å². The third kappa shape index (κ3) is 5.07. The Bertz CT molecular complexity index is 493. The van der Waals surface area contributed by atoms with Crippen molar-refractivity contribution in [2.45, 2.75) is 6.92 Å². The first kappa shape index (κ1) is 16.3. The predicted molar refractivity (Wildman–Crippen MR) is 76.5 cm³/mol. The molecule has 7 heteroatoms. The summed E-state index contributed by atoms with van der Waals surface area (Å²) in [7, 11) is 1.59. The van der Waals surface area contributed by atoms with Gasteiger partial charge < -0.3 is 20.5 Å². The minimum Gasteiger partial charge on any atom is -0.478 e. The second kappa shape index (κ2) is 7.72. The van der Waals surface area contributed by atoms with Gasteiger partial charge in [-0.05, 0) is 24.1 Å². The molecule has 2 amide bonds. The topological polar surface area (TPSA) is 87.7 Å². The number of carbonyl (C=O) groups is 2. The first-order valence-electron chi connectivity index (χ1n) is 6.00. The Hall–Kier alpha value is -1.79. The SMILES string of the molecule is COCC(C)CNC(=O)Nc1cc(C(=O)O)ccc1Cl. The first-order chi connectivity index (χ1) is 9.43. The van der Waals surface area contributed by atoms with Gasteiger partial charge in [0, 0.05) is 13.7 Å². The molecular formula is C13H17ClN2O4. The van der Waals surface area contributed by atoms with Crippen LogP contribution in [0, 0.1) is 5.92 Å². The van der Waals surface area contributed by atoms with Crippen LogP contribution in [0.1, 0.15) is 17.3 Å². The van der Waals surface area contributed by atoms with Crippen molar-refractivity contribution in [2.75, 3.05) is 25.6 Å². The molecule has 1 atom stereocenters. The van der Waals surface area contributed by atoms with Crippen molar-refractivity contribution in [1.82, 2.24) is 5.32 Å². The molecule has 1 aromatic carbocycles. The Balaban J connectivity index is 2.61. The van der Waals surface area contributed by atoms with E-state index in [1.165, 1.54) is 18.2 Å². The number of nitrogens with one attached hydrogen (secondary N) is 2. The monoisotopic (exact) mass is 300 g/mol. The first-order valence-corrected chi connectivity index (χ1v) is 6.38. The summed E-state index contributed by atoms with van der Waals surface area (Å²) in [6.07, 6.45) is 0. The molecule has 0 heterocycles. The van der Waals surface area contributed by atoms with E-state index in [1.807, 2.05) is 6.92 Å². The lowest BCUT2D eigenvalue weighted by atomic mass is 10.2. The number of carboxylic acids is 1. The van der Waals surface area contributed by atoms with Gasteiger partial charge in [-0.3, -0.25) is 0 Å². The van der Waals surface area contributed by atoms with E-state index in [-0.39, 0.29) is 22.2 Å². The van der Waals surface area contributed by atoms with E-state index < -0.39 is 12.0 Å². The summed E-state index contributed by atoms with van der Waals surface area (Å²) in [6.45, 7) is 2.91. The molecule has 6 nitrogen and oxygen atoms in total. The van der Waals surface area contributed by atoms with Crippen molar-refractivity contribution >= 4 is 29.3 Å². The van der Waals surface area contributed by atoms with Crippen LogP contribution in [0.25, 0.3) is 0 Å². The second-order valence-electron chi connectivity index (χ2n) is 4.40. The third-order valence-corrected chi connectivity index (χ3v) is 2.85. The van der Waals surface area contributed by atoms with Crippen molar-refractivity contribution in [3.05, 3.63) is 28.8 Å². The summed E-state index contributed by atoms with van der Waals surface area (Å²) in [4.78, 5) is 22.5. The molecule has 3 N–H and O–H groups in total. The maximum atomic E-state index is 11.7. The number of hydrogen-bond donors (Lipinski definition) is 3. The van der Waals surface area contributed by atoms with Crippen LogP contribution in [0.4, 0.5) is 10.5 Å². The number of ether oxygens (including phenoxy) is 1. The predicted octanol–water partition coefficient (Wildman–Crippen LogP) is 2.44. The summed E-state index contributed by atoms with van der Waals surface area (Å²) < 4.78 is 4.96. The fourth-order valence-electron chi connectivity index (χ4n) is 1.53. The lowest BCUT2D eigenvalue weighted by Gasteiger charge is -2.13. The minimum absolute atomic E-state index is 0.0532. The fourth-order valence-corrected chi connectivity index (χ4v) is 1.70. The average molecular weight is 301 g/mol. The summed E-state index contributed by atoms with van der Waals surface area (Å²) in [5, 5.41) is 14.3. The minimum atomic E-state index is -1.08. The van der Waals surface area contributed by atoms with Gasteiger partial charge in [-0.25, -0.2) is 9.59 Å². The zero-order chi connectivity index (χ0) is 15.1. The van der Waals surface area contributed by atoms with Crippen LogP contribution in [0.15, 0.2) is 18.2 Å². The van der Waals surface area contributed by atoms with Gasteiger partial charge in [0.2, 0.25) is 0 Å². The smallest absolute Gasteiger partial charge is 0.335 e. The molecule has 0 saturated carbocycles. The van der Waals surface area contributed by atoms with Crippen LogP contribution in [0.3, 0.4) is 0 Å². The average Bonchev–Trinajstić information content (AvgIpc) is 2.39. The highest BCUT2D eigenvalue weighted by Gasteiger charge is 2.10. The maximum Gasteiger partial charge on any atom is 0.335 e. The maximum absolute atomic E-state index is 11.7. The molecule has 0 aromatic heterocycles. The number of methoxy groups -OCH3 is 1. The van der Waals surface area contributed by atoms with Gasteiger partial charge in [-0.1, -0.05) is 18.5 Å². The van der Waals surface area contributed by atoms with Crippen molar-refractivity contribution in [3.8, 4) is 0 Å². The molecule has 0 bridgehead atoms. The summed E-state index contributed by atoms with van der Waals surface area (Å²) in [5.41, 5.74) is 0.306. The van der Waals surface area contributed by atoms with Crippen LogP contribution in [-0.2, 0) is 4.74 Å². The lowest BCUT2D eigenvalue weighted by Crippen LogP contribution is -2.33. The van der Waals surface area contributed by atoms with Crippen LogP contribution < -0.4 is 10.6 Å². The molecule has 0 fully saturated rings. The Morgan fingerprint density at radius 3 is 2.75 bits per heavy atom. The molecule has 0 aliphatic rings. The van der Waals surface area contributed by atoms with Gasteiger partial charge in [0.15, 0.2) is 0 Å². The second-order valence-corrected chi connectivity index (χ2v) is 4.80. The highest BCUT2D eigenvalue weighted by atomic mass is 35.5. The van der Waals surface area contributed by atoms with Crippen LogP contribution in [0.2, 0.25) is 5.02 Å². The Kier molecular flexibility index (Phi) is 6.27. The highest BCUT2D eigenvalue weighted by molar-refractivity contribution is 6.33. The summed E-state index contributed by atoms with van der Waals surface area (Å²) in [5.74, 6) is -0.912.